The highest BCUT2D eigenvalue weighted by Crippen LogP contribution is 2.21. The molecule has 7 heteroatoms. The molecule has 0 spiro atoms. The summed E-state index contributed by atoms with van der Waals surface area (Å²) in [5.41, 5.74) is 0.997. The van der Waals surface area contributed by atoms with E-state index in [9.17, 15) is 9.59 Å². The lowest BCUT2D eigenvalue weighted by atomic mass is 10.1. The highest BCUT2D eigenvalue weighted by atomic mass is 32.1. The van der Waals surface area contributed by atoms with Crippen LogP contribution in [-0.2, 0) is 11.3 Å². The van der Waals surface area contributed by atoms with Gasteiger partial charge in [0.2, 0.25) is 5.91 Å². The second kappa shape index (κ2) is 6.62. The van der Waals surface area contributed by atoms with Gasteiger partial charge in [0, 0.05) is 0 Å². The van der Waals surface area contributed by atoms with Crippen molar-refractivity contribution >= 4 is 17.2 Å². The largest absolute Gasteiger partial charge is 0.442 e. The lowest BCUT2D eigenvalue weighted by Gasteiger charge is -2.14. The summed E-state index contributed by atoms with van der Waals surface area (Å²) in [4.78, 5) is 24.8. The minimum Gasteiger partial charge on any atom is -0.348 e. The molecule has 0 saturated heterocycles. The van der Waals surface area contributed by atoms with E-state index in [1.54, 1.807) is 0 Å². The number of nitrogens with one attached hydrogen (secondary N) is 1. The number of amides is 1. The van der Waals surface area contributed by atoms with Gasteiger partial charge in [-0.2, -0.15) is 0 Å². The number of hydrogen-bond acceptors (Lipinski definition) is 5. The maximum atomic E-state index is 12.2. The number of benzene rings is 1. The molecular weight excluding hydrogens is 314 g/mol. The summed E-state index contributed by atoms with van der Waals surface area (Å²) in [6, 6.07) is 13.1. The van der Waals surface area contributed by atoms with Gasteiger partial charge in [-0.25, -0.2) is 9.36 Å². The molecule has 0 unspecified atom stereocenters. The van der Waals surface area contributed by atoms with Gasteiger partial charge in [-0.15, -0.1) is 11.3 Å². The molecule has 0 bridgehead atoms. The third-order valence-corrected chi connectivity index (χ3v) is 4.27. The summed E-state index contributed by atoms with van der Waals surface area (Å²) in [5.74, 6) is -0.548. The van der Waals surface area contributed by atoms with E-state index in [4.69, 9.17) is 4.52 Å². The zero-order chi connectivity index (χ0) is 16.2. The maximum Gasteiger partial charge on any atom is 0.442 e. The Bertz CT molecular complexity index is 837. The van der Waals surface area contributed by atoms with Gasteiger partial charge in [0.1, 0.15) is 6.54 Å². The van der Waals surface area contributed by atoms with Crippen molar-refractivity contribution in [1.29, 1.82) is 0 Å². The summed E-state index contributed by atoms with van der Waals surface area (Å²) in [7, 11) is 0. The SMILES string of the molecule is C[C@@H](NC(=O)Cn1c(-c2cccs2)noc1=O)c1ccccc1. The van der Waals surface area contributed by atoms with E-state index in [1.807, 2.05) is 54.8 Å². The van der Waals surface area contributed by atoms with Crippen LogP contribution in [0.5, 0.6) is 0 Å². The fourth-order valence-electron chi connectivity index (χ4n) is 2.25. The molecule has 1 atom stereocenters. The van der Waals surface area contributed by atoms with E-state index in [0.717, 1.165) is 10.4 Å². The first-order valence-electron chi connectivity index (χ1n) is 7.10. The van der Waals surface area contributed by atoms with Gasteiger partial charge in [-0.05, 0) is 23.9 Å². The lowest BCUT2D eigenvalue weighted by molar-refractivity contribution is -0.122. The van der Waals surface area contributed by atoms with Crippen molar-refractivity contribution in [3.8, 4) is 10.7 Å². The molecule has 0 aliphatic heterocycles. The number of aromatic nitrogens is 2. The topological polar surface area (TPSA) is 77.1 Å². The molecule has 0 radical (unpaired) electrons. The van der Waals surface area contributed by atoms with Crippen molar-refractivity contribution < 1.29 is 9.32 Å². The van der Waals surface area contributed by atoms with Crippen LogP contribution in [0.4, 0.5) is 0 Å². The number of nitrogens with zero attached hydrogens (tertiary/aromatic N) is 2. The highest BCUT2D eigenvalue weighted by molar-refractivity contribution is 7.13. The predicted molar refractivity (Wildman–Crippen MR) is 87.1 cm³/mol. The second-order valence-corrected chi connectivity index (χ2v) is 5.98. The van der Waals surface area contributed by atoms with E-state index < -0.39 is 5.76 Å². The molecule has 2 aromatic heterocycles. The Morgan fingerprint density at radius 3 is 2.78 bits per heavy atom. The third-order valence-electron chi connectivity index (χ3n) is 3.41. The Labute approximate surface area is 136 Å². The normalized spacial score (nSPS) is 12.0. The molecule has 118 valence electrons. The van der Waals surface area contributed by atoms with Gasteiger partial charge in [0.25, 0.3) is 0 Å². The van der Waals surface area contributed by atoms with Crippen LogP contribution in [0.2, 0.25) is 0 Å². The van der Waals surface area contributed by atoms with Gasteiger partial charge >= 0.3 is 5.76 Å². The number of rotatable bonds is 5. The fraction of sp³-hybridized carbons (Fsp3) is 0.188. The molecule has 6 nitrogen and oxygen atoms in total. The zero-order valence-corrected chi connectivity index (χ0v) is 13.2. The zero-order valence-electron chi connectivity index (χ0n) is 12.4. The molecule has 3 aromatic rings. The molecule has 0 aliphatic carbocycles. The molecule has 0 fully saturated rings. The lowest BCUT2D eigenvalue weighted by Crippen LogP contribution is -2.32. The first-order valence-corrected chi connectivity index (χ1v) is 7.98. The smallest absolute Gasteiger partial charge is 0.348 e. The Balaban J connectivity index is 1.74. The van der Waals surface area contributed by atoms with Crippen molar-refractivity contribution in [1.82, 2.24) is 15.0 Å². The summed E-state index contributed by atoms with van der Waals surface area (Å²) >= 11 is 1.43. The van der Waals surface area contributed by atoms with Crippen LogP contribution in [0.25, 0.3) is 10.7 Å². The molecule has 0 aliphatic rings. The molecule has 1 N–H and O–H groups in total. The average Bonchev–Trinajstić information content (AvgIpc) is 3.19. The van der Waals surface area contributed by atoms with Crippen LogP contribution < -0.4 is 11.1 Å². The molecular formula is C16H15N3O3S. The minimum absolute atomic E-state index is 0.132. The monoisotopic (exact) mass is 329 g/mol. The number of hydrogen-bond donors (Lipinski definition) is 1. The number of carbonyl (C=O) groups excluding carboxylic acids is 1. The third kappa shape index (κ3) is 3.40. The van der Waals surface area contributed by atoms with E-state index in [0.29, 0.717) is 5.82 Å². The van der Waals surface area contributed by atoms with Crippen molar-refractivity contribution in [2.24, 2.45) is 0 Å². The molecule has 3 rings (SSSR count). The number of carbonyl (C=O) groups is 1. The maximum absolute atomic E-state index is 12.2. The number of thiophene rings is 1. The molecule has 2 heterocycles. The van der Waals surface area contributed by atoms with E-state index in [2.05, 4.69) is 10.5 Å². The van der Waals surface area contributed by atoms with Gasteiger partial charge < -0.3 is 5.32 Å². The van der Waals surface area contributed by atoms with E-state index in [-0.39, 0.29) is 18.5 Å². The van der Waals surface area contributed by atoms with Crippen molar-refractivity contribution in [3.63, 3.8) is 0 Å². The van der Waals surface area contributed by atoms with Crippen LogP contribution in [0, 0.1) is 0 Å². The van der Waals surface area contributed by atoms with Crippen LogP contribution in [-0.4, -0.2) is 15.6 Å². The fourth-order valence-corrected chi connectivity index (χ4v) is 2.96. The van der Waals surface area contributed by atoms with Crippen molar-refractivity contribution in [3.05, 3.63) is 64.0 Å². The molecule has 23 heavy (non-hydrogen) atoms. The Morgan fingerprint density at radius 2 is 2.09 bits per heavy atom. The first kappa shape index (κ1) is 15.2. The Morgan fingerprint density at radius 1 is 1.30 bits per heavy atom. The summed E-state index contributed by atoms with van der Waals surface area (Å²) in [5, 5.41) is 8.50. The van der Waals surface area contributed by atoms with Gasteiger partial charge in [-0.1, -0.05) is 41.6 Å². The van der Waals surface area contributed by atoms with Crippen LogP contribution in [0.15, 0.2) is 57.2 Å². The van der Waals surface area contributed by atoms with Crippen molar-refractivity contribution in [2.75, 3.05) is 0 Å². The van der Waals surface area contributed by atoms with E-state index >= 15 is 0 Å². The Kier molecular flexibility index (Phi) is 4.38. The predicted octanol–water partition coefficient (Wildman–Crippen LogP) is 2.44. The van der Waals surface area contributed by atoms with E-state index in [1.165, 1.54) is 15.9 Å². The quantitative estimate of drug-likeness (QED) is 0.780. The van der Waals surface area contributed by atoms with Crippen molar-refractivity contribution in [2.45, 2.75) is 19.5 Å². The van der Waals surface area contributed by atoms with Gasteiger partial charge in [0.05, 0.1) is 10.9 Å². The highest BCUT2D eigenvalue weighted by Gasteiger charge is 2.17. The van der Waals surface area contributed by atoms with Crippen LogP contribution >= 0.6 is 11.3 Å². The first-order chi connectivity index (χ1) is 11.1. The molecule has 1 aromatic carbocycles. The molecule has 0 saturated carbocycles. The van der Waals surface area contributed by atoms with Gasteiger partial charge in [-0.3, -0.25) is 9.32 Å². The van der Waals surface area contributed by atoms with Crippen LogP contribution in [0.1, 0.15) is 18.5 Å². The van der Waals surface area contributed by atoms with Crippen LogP contribution in [0.3, 0.4) is 0 Å². The summed E-state index contributed by atoms with van der Waals surface area (Å²) in [6.45, 7) is 1.76. The minimum atomic E-state index is -0.643. The van der Waals surface area contributed by atoms with Gasteiger partial charge in [0.15, 0.2) is 5.82 Å². The second-order valence-electron chi connectivity index (χ2n) is 5.04. The summed E-state index contributed by atoms with van der Waals surface area (Å²) < 4.78 is 5.93. The average molecular weight is 329 g/mol. The summed E-state index contributed by atoms with van der Waals surface area (Å²) in [6.07, 6.45) is 0. The Hall–Kier alpha value is -2.67. The standard InChI is InChI=1S/C16H15N3O3S/c1-11(12-6-3-2-4-7-12)17-14(20)10-19-15(18-22-16(19)21)13-8-5-9-23-13/h2-9,11H,10H2,1H3,(H,17,20)/t11-/m1/s1. The molecule has 1 amide bonds.